The molecule has 1 radical (unpaired) electrons. The Labute approximate surface area is 419 Å². The Bertz CT molecular complexity index is 1900. The molecular formula is C54H68O9SY-2. The largest absolute Gasteiger partial charge is 0.522 e. The molecule has 0 N–H and O–H groups in total. The number of ketones is 3. The molecule has 0 aliphatic heterocycles. The van der Waals surface area contributed by atoms with Gasteiger partial charge in [0.05, 0.1) is 35.5 Å². The van der Waals surface area contributed by atoms with Crippen LogP contribution in [0, 0.1) is 12.1 Å². The van der Waals surface area contributed by atoms with Crippen LogP contribution in [0.15, 0.2) is 146 Å². The molecule has 0 saturated carbocycles. The average molecular weight is 982 g/mol. The summed E-state index contributed by atoms with van der Waals surface area (Å²) in [5.74, 6) is 4.39. The Balaban J connectivity index is -0.000000716. The van der Waals surface area contributed by atoms with Gasteiger partial charge in [0.1, 0.15) is 17.2 Å². The van der Waals surface area contributed by atoms with Crippen LogP contribution in [-0.4, -0.2) is 79.6 Å². The van der Waals surface area contributed by atoms with Gasteiger partial charge in [0.25, 0.3) is 0 Å². The van der Waals surface area contributed by atoms with Crippen molar-refractivity contribution in [3.05, 3.63) is 174 Å². The van der Waals surface area contributed by atoms with Crippen LogP contribution >= 0.6 is 11.8 Å². The third kappa shape index (κ3) is 32.1. The van der Waals surface area contributed by atoms with Gasteiger partial charge < -0.3 is 28.4 Å². The fourth-order valence-corrected chi connectivity index (χ4v) is 4.35. The Morgan fingerprint density at radius 3 is 0.738 bits per heavy atom. The van der Waals surface area contributed by atoms with E-state index in [4.69, 9.17) is 23.7 Å². The molecule has 9 nitrogen and oxygen atoms in total. The van der Waals surface area contributed by atoms with Crippen LogP contribution in [0.1, 0.15) is 72.1 Å². The van der Waals surface area contributed by atoms with Crippen LogP contribution in [-0.2, 0) is 37.4 Å². The molecule has 349 valence electrons. The zero-order chi connectivity index (χ0) is 48.5. The monoisotopic (exact) mass is 981 g/mol. The molecule has 0 unspecified atom stereocenters. The number of carbonyl (C=O) groups excluding carboxylic acids is 3. The fraction of sp³-hybridized carbons (Fsp3) is 0.278. The summed E-state index contributed by atoms with van der Waals surface area (Å²) in [6.07, 6.45) is 5.33. The van der Waals surface area contributed by atoms with Crippen molar-refractivity contribution in [1.82, 2.24) is 0 Å². The quantitative estimate of drug-likeness (QED) is 0.103. The summed E-state index contributed by atoms with van der Waals surface area (Å²) in [6, 6.07) is 50.2. The minimum atomic E-state index is 0. The van der Waals surface area contributed by atoms with E-state index in [2.05, 4.69) is 30.7 Å². The Morgan fingerprint density at radius 1 is 0.400 bits per heavy atom. The van der Waals surface area contributed by atoms with Crippen molar-refractivity contribution in [1.29, 1.82) is 0 Å². The van der Waals surface area contributed by atoms with Crippen molar-refractivity contribution in [3.8, 4) is 39.9 Å². The fourth-order valence-electron chi connectivity index (χ4n) is 4.35. The first kappa shape index (κ1) is 64.0. The van der Waals surface area contributed by atoms with Crippen LogP contribution in [0.5, 0.6) is 28.7 Å². The van der Waals surface area contributed by atoms with Gasteiger partial charge in [-0.1, -0.05) is 68.8 Å². The van der Waals surface area contributed by atoms with Gasteiger partial charge >= 0.3 is 0 Å². The third-order valence-corrected chi connectivity index (χ3v) is 7.55. The summed E-state index contributed by atoms with van der Waals surface area (Å²) in [5, 5.41) is 0. The maximum absolute atomic E-state index is 10.8. The van der Waals surface area contributed by atoms with Gasteiger partial charge in [0.15, 0.2) is 17.3 Å². The number of methoxy groups -OCH3 is 6. The molecule has 6 aromatic rings. The maximum atomic E-state index is 10.8. The van der Waals surface area contributed by atoms with Crippen LogP contribution < -0.4 is 23.7 Å². The van der Waals surface area contributed by atoms with E-state index in [1.807, 2.05) is 110 Å². The average Bonchev–Trinajstić information content (AvgIpc) is 3.33. The van der Waals surface area contributed by atoms with Crippen LogP contribution in [0.3, 0.4) is 0 Å². The third-order valence-electron chi connectivity index (χ3n) is 7.55. The minimum absolute atomic E-state index is 0. The minimum Gasteiger partial charge on any atom is -0.522 e. The molecule has 0 aliphatic rings. The second-order valence-electron chi connectivity index (χ2n) is 12.8. The number of thioether (sulfide) groups is 1. The molecule has 0 spiro atoms. The van der Waals surface area contributed by atoms with Gasteiger partial charge in [0.2, 0.25) is 0 Å². The second-order valence-corrected chi connectivity index (χ2v) is 13.7. The van der Waals surface area contributed by atoms with Crippen molar-refractivity contribution >= 4 is 29.1 Å². The van der Waals surface area contributed by atoms with Gasteiger partial charge in [-0.05, 0) is 92.9 Å². The molecule has 0 heterocycles. The Morgan fingerprint density at radius 2 is 0.569 bits per heavy atom. The standard InChI is InChI=1S/C14H14O2.C10H10O2.C9H10O2.2C7H7O.C3H8.C2H6O.C2H6S.Y/c1-15-13-7-3-11(4-8-13)12-5-9-14(16-2)10-6-12;1-7(11)9-3-5-10(6-4-9)8(2)12;1-7(10)8-3-5-9(11-2)6-4-8;2*1-8-7-5-3-2-4-6-7;3*1-3-2;/h3-10H,1-2H3;3-6H,1-2H3;3-6H,1-2H3;2*3-6H,1H3;3H2,1-2H3;2*1-2H3;/q;;;2*-1;;;;. The molecule has 0 aromatic heterocycles. The SMILES string of the molecule is CC(=O)c1ccc(C(C)=O)cc1.CCC.COC.COc1cc[c-]cc1.COc1cc[c-]cc1.COc1ccc(-c2ccc(OC)cc2)cc1.COc1ccc(C(C)=O)cc1.CSC.[Y]. The van der Waals surface area contributed by atoms with Crippen molar-refractivity contribution in [2.75, 3.05) is 62.3 Å². The first-order valence-electron chi connectivity index (χ1n) is 20.1. The summed E-state index contributed by atoms with van der Waals surface area (Å²) >= 11 is 1.75. The second kappa shape index (κ2) is 42.7. The number of carbonyl (C=O) groups is 3. The van der Waals surface area contributed by atoms with E-state index in [9.17, 15) is 14.4 Å². The van der Waals surface area contributed by atoms with E-state index >= 15 is 0 Å². The number of benzene rings is 6. The molecule has 0 aliphatic carbocycles. The van der Waals surface area contributed by atoms with Crippen LogP contribution in [0.2, 0.25) is 0 Å². The van der Waals surface area contributed by atoms with Crippen LogP contribution in [0.25, 0.3) is 11.1 Å². The molecule has 0 bridgehead atoms. The molecule has 0 amide bonds. The number of hydrogen-bond donors (Lipinski definition) is 0. The molecule has 6 rings (SSSR count). The molecule has 0 fully saturated rings. The van der Waals surface area contributed by atoms with E-state index in [1.165, 1.54) is 31.4 Å². The summed E-state index contributed by atoms with van der Waals surface area (Å²) in [6.45, 7) is 8.80. The van der Waals surface area contributed by atoms with Gasteiger partial charge in [0, 0.05) is 75.1 Å². The summed E-state index contributed by atoms with van der Waals surface area (Å²) in [4.78, 5) is 32.5. The molecule has 0 saturated heterocycles. The van der Waals surface area contributed by atoms with Gasteiger partial charge in [-0.2, -0.15) is 48.2 Å². The zero-order valence-electron chi connectivity index (χ0n) is 40.7. The predicted octanol–water partition coefficient (Wildman–Crippen LogP) is 13.0. The Hall–Kier alpha value is -5.26. The van der Waals surface area contributed by atoms with Crippen molar-refractivity contribution in [2.45, 2.75) is 41.0 Å². The maximum Gasteiger partial charge on any atom is 0.159 e. The molecule has 11 heteroatoms. The van der Waals surface area contributed by atoms with E-state index in [0.29, 0.717) is 16.7 Å². The molecular weight excluding hydrogens is 914 g/mol. The molecule has 6 aromatic carbocycles. The van der Waals surface area contributed by atoms with Crippen molar-refractivity contribution < 1.29 is 75.5 Å². The topological polar surface area (TPSA) is 107 Å². The first-order chi connectivity index (χ1) is 30.8. The summed E-state index contributed by atoms with van der Waals surface area (Å²) in [5.41, 5.74) is 4.33. The first-order valence-corrected chi connectivity index (χ1v) is 21.8. The number of Topliss-reactive ketones (excluding diaryl/α,β-unsaturated/α-hetero) is 3. The zero-order valence-corrected chi connectivity index (χ0v) is 44.4. The van der Waals surface area contributed by atoms with E-state index in [-0.39, 0.29) is 50.1 Å². The van der Waals surface area contributed by atoms with E-state index in [0.717, 1.165) is 28.7 Å². The summed E-state index contributed by atoms with van der Waals surface area (Å²) in [7, 11) is 11.5. The van der Waals surface area contributed by atoms with E-state index in [1.54, 1.807) is 117 Å². The normalized spacial score (nSPS) is 8.71. The van der Waals surface area contributed by atoms with Crippen LogP contribution in [0.4, 0.5) is 0 Å². The smallest absolute Gasteiger partial charge is 0.159 e. The summed E-state index contributed by atoms with van der Waals surface area (Å²) < 4.78 is 29.2. The molecule has 65 heavy (non-hydrogen) atoms. The Kier molecular flexibility index (Phi) is 42.0. The van der Waals surface area contributed by atoms with E-state index < -0.39 is 0 Å². The van der Waals surface area contributed by atoms with Gasteiger partial charge in [-0.3, -0.25) is 14.4 Å². The number of hydrogen-bond acceptors (Lipinski definition) is 10. The number of ether oxygens (including phenoxy) is 6. The molecule has 0 atom stereocenters. The van der Waals surface area contributed by atoms with Gasteiger partial charge in [-0.15, -0.1) is 24.3 Å². The van der Waals surface area contributed by atoms with Crippen molar-refractivity contribution in [3.63, 3.8) is 0 Å². The predicted molar refractivity (Wildman–Crippen MR) is 266 cm³/mol. The van der Waals surface area contributed by atoms with Gasteiger partial charge in [-0.25, -0.2) is 0 Å². The van der Waals surface area contributed by atoms with Crippen molar-refractivity contribution in [2.24, 2.45) is 0 Å². The number of rotatable bonds is 9.